The van der Waals surface area contributed by atoms with Crippen molar-refractivity contribution in [2.45, 2.75) is 190 Å². The van der Waals surface area contributed by atoms with Gasteiger partial charge in [-0.3, -0.25) is 24.0 Å². The molecule has 0 spiro atoms. The Bertz CT molecular complexity index is 5870. The third-order valence-corrected chi connectivity index (χ3v) is 27.9. The number of halogens is 8. The molecule has 25 nitrogen and oxygen atoms in total. The largest absolute Gasteiger partial charge is 0.519 e. The Labute approximate surface area is 861 Å². The molecule has 0 amide bonds. The number of ether oxygens (including phenoxy) is 8. The number of hydrogen-bond acceptors (Lipinski definition) is 28. The van der Waals surface area contributed by atoms with E-state index in [1.54, 1.807) is 105 Å². The van der Waals surface area contributed by atoms with Crippen LogP contribution in [0.1, 0.15) is 194 Å². The SMILES string of the molecule is C.CC(=O)c1ccc(-c2ccc(Cl)c3c2CC(CCC(=O)/C=C/c2ccc(N)nc2)O3)s1.CC(=O)c1ccc(-c2ccc(Cl)c3c2CC(CN)O3)s1.CC(=O)c1ccc(B(O)O)s1.CC(C)(C)OC(=O)OC(=O)OC(C)(C)C.CCC1Cc2c(-c3ccc(C(C)=O)s3)ccc(Cl)c2O1.CCC1Cc2c(Br)ccc(Cl)c2O1.Cl.NCC1Cc2c(Br)ccc(Cl)c2O1.Nc1ccc(/C=C/C(=O)O)cn1. The van der Waals surface area contributed by atoms with Crippen molar-refractivity contribution in [3.05, 3.63) is 251 Å². The highest BCUT2D eigenvalue weighted by Gasteiger charge is 2.34. The summed E-state index contributed by atoms with van der Waals surface area (Å²) in [5.74, 6) is 3.97. The third-order valence-electron chi connectivity index (χ3n) is 20.0. The third kappa shape index (κ3) is 33.9. The normalized spacial score (nSPS) is 15.1. The highest BCUT2D eigenvalue weighted by molar-refractivity contribution is 9.10. The van der Waals surface area contributed by atoms with Gasteiger partial charge in [-0.25, -0.2) is 24.4 Å². The van der Waals surface area contributed by atoms with Crippen molar-refractivity contribution in [2.24, 2.45) is 11.5 Å². The number of ketones is 5. The summed E-state index contributed by atoms with van der Waals surface area (Å²) >= 11 is 43.3. The van der Waals surface area contributed by atoms with E-state index in [4.69, 9.17) is 129 Å². The second-order valence-electron chi connectivity index (χ2n) is 32.8. The fraction of sp³-hybridized carbons (Fsp3) is 0.313. The number of anilines is 2. The number of hydrogen-bond donors (Lipinski definition) is 7. The number of nitrogens with zero attached hydrogens (tertiary/aromatic N) is 2. The molecule has 0 bridgehead atoms. The molecule has 0 fully saturated rings. The molecule has 11 N–H and O–H groups in total. The molecule has 5 aliphatic heterocycles. The van der Waals surface area contributed by atoms with Crippen molar-refractivity contribution in [1.82, 2.24) is 9.97 Å². The number of thiophene rings is 4. The first-order chi connectivity index (χ1) is 63.8. The highest BCUT2D eigenvalue weighted by Crippen LogP contribution is 2.49. The Kier molecular flexibility index (Phi) is 44.4. The number of aromatic nitrogens is 2. The first-order valence-corrected chi connectivity index (χ1v) is 49.2. The molecule has 0 aliphatic carbocycles. The molecule has 137 heavy (non-hydrogen) atoms. The summed E-state index contributed by atoms with van der Waals surface area (Å²) in [6, 6.07) is 40.6. The zero-order valence-electron chi connectivity index (χ0n) is 76.2. The Hall–Kier alpha value is -9.56. The molecule has 11 heterocycles. The lowest BCUT2D eigenvalue weighted by Gasteiger charge is -2.20. The van der Waals surface area contributed by atoms with Crippen LogP contribution in [0, 0.1) is 0 Å². The number of carbonyl (C=O) groups is 8. The van der Waals surface area contributed by atoms with Crippen LogP contribution >= 0.6 is 148 Å². The number of Topliss-reactive ketones (excluding diaryl/α,β-unsaturated/α-hetero) is 4. The molecule has 5 aliphatic rings. The summed E-state index contributed by atoms with van der Waals surface area (Å²) in [6.07, 6.45) is 14.3. The maximum Gasteiger partial charge on any atom is 0.519 e. The van der Waals surface area contributed by atoms with E-state index in [9.17, 15) is 38.4 Å². The lowest BCUT2D eigenvalue weighted by Crippen LogP contribution is -2.29. The molecular weight excluding hydrogens is 2090 g/mol. The number of fused-ring (bicyclic) bond motifs is 5. The van der Waals surface area contributed by atoms with Crippen molar-refractivity contribution in [3.63, 3.8) is 0 Å². The summed E-state index contributed by atoms with van der Waals surface area (Å²) in [7, 11) is -1.46. The fourth-order valence-electron chi connectivity index (χ4n) is 13.4. The number of carboxylic acid groups (broad SMARTS) is 1. The number of carboxylic acids is 1. The second kappa shape index (κ2) is 53.2. The van der Waals surface area contributed by atoms with E-state index in [2.05, 4.69) is 60.4 Å². The Morgan fingerprint density at radius 3 is 1.07 bits per heavy atom. The average molecular weight is 2200 g/mol. The van der Waals surface area contributed by atoms with Crippen molar-refractivity contribution in [3.8, 4) is 60.1 Å². The Morgan fingerprint density at radius 2 is 0.766 bits per heavy atom. The zero-order valence-corrected chi connectivity index (χ0v) is 87.2. The maximum absolute atomic E-state index is 12.3. The quantitative estimate of drug-likeness (QED) is 0.0130. The topological polar surface area (TPSA) is 401 Å². The van der Waals surface area contributed by atoms with Crippen LogP contribution in [0.15, 0.2) is 167 Å². The van der Waals surface area contributed by atoms with E-state index < -0.39 is 36.6 Å². The predicted octanol–water partition coefficient (Wildman–Crippen LogP) is 24.6. The van der Waals surface area contributed by atoms with Crippen LogP contribution in [-0.4, -0.2) is 134 Å². The van der Waals surface area contributed by atoms with E-state index in [-0.39, 0.29) is 73.2 Å². The van der Waals surface area contributed by atoms with Gasteiger partial charge in [-0.05, 0) is 244 Å². The standard InChI is InChI=1S/C24H21ClN2O3S.C16H15ClO2S.C15H14ClNO2S.C10H10BrClO.C10H18O5.C9H9BrClNO.C8H8N2O2.C6H7BO3S.CH4.ClH/c1-14(28)21-9-10-22(31-21)18-7-8-20(25)24-19(18)12-17(30-24)6-5-16(29)4-2-15-3-11-23(26)27-13-15;1-3-10-8-12-11(4-5-13(17)16(12)19-10)15-7-6-14(20-15)9(2)18;1-8(18)13-4-5-14(20-13)10-2-3-12(16)15-11(10)6-9(7-17)19-15;1-2-6-5-7-8(11)3-4-9(12)10(7)13-6;1-9(2,3)14-7(11)13-8(12)15-10(4,5)6;10-7-1-2-8(11)9-6(7)3-5(4-12)13-9;9-7-3-1-6(5-10-7)2-4-8(11)12;1-4(8)5-2-3-6(11-5)7(9)10;;/h2-4,7-11,13,17H,5-6,12H2,1H3,(H2,26,27);4-7,10H,3,8H2,1-2H3;2-5,9H,6-7,17H2,1H3;3-4,6H,2,5H2,1H3;1-6H3;1-2,5H,3-4,12H2;1-5H,(H2,9,10)(H,11,12);2-3,9-10H,1H3;1H4;1H/b4-2+;;;;;;4-2+;;;. The zero-order chi connectivity index (χ0) is 99.0. The van der Waals surface area contributed by atoms with Gasteiger partial charge in [0, 0.05) is 126 Å². The number of nitrogen functional groups attached to an aromatic ring is 2. The molecule has 5 atom stereocenters. The maximum atomic E-state index is 12.3. The van der Waals surface area contributed by atoms with Crippen LogP contribution in [0.3, 0.4) is 0 Å². The van der Waals surface area contributed by atoms with E-state index in [0.29, 0.717) is 96.2 Å². The molecule has 5 aromatic carbocycles. The van der Waals surface area contributed by atoms with Crippen LogP contribution in [0.2, 0.25) is 25.1 Å². The smallest absolute Gasteiger partial charge is 0.488 e. The summed E-state index contributed by atoms with van der Waals surface area (Å²) in [5.41, 5.74) is 31.1. The van der Waals surface area contributed by atoms with Crippen LogP contribution in [-0.2, 0) is 55.9 Å². The molecule has 0 saturated carbocycles. The summed E-state index contributed by atoms with van der Waals surface area (Å²) < 4.78 is 45.4. The Morgan fingerprint density at radius 1 is 0.453 bits per heavy atom. The van der Waals surface area contributed by atoms with Gasteiger partial charge in [-0.15, -0.1) is 57.8 Å². The van der Waals surface area contributed by atoms with Gasteiger partial charge in [0.25, 0.3) is 0 Å². The van der Waals surface area contributed by atoms with Gasteiger partial charge in [0.15, 0.2) is 28.9 Å². The number of rotatable bonds is 19. The lowest BCUT2D eigenvalue weighted by atomic mass is 9.90. The van der Waals surface area contributed by atoms with Gasteiger partial charge in [0.1, 0.15) is 82.1 Å². The number of aliphatic carboxylic acids is 1. The van der Waals surface area contributed by atoms with E-state index in [0.717, 1.165) is 156 Å². The van der Waals surface area contributed by atoms with E-state index in [1.165, 1.54) is 70.4 Å². The minimum atomic E-state index is -1.46. The molecule has 11 aromatic rings. The average Bonchev–Trinajstić information content (AvgIpc) is 1.63. The van der Waals surface area contributed by atoms with Gasteiger partial charge >= 0.3 is 25.4 Å². The lowest BCUT2D eigenvalue weighted by molar-refractivity contribution is -0.131. The van der Waals surface area contributed by atoms with Crippen LogP contribution in [0.25, 0.3) is 43.5 Å². The summed E-state index contributed by atoms with van der Waals surface area (Å²) in [4.78, 5) is 103. The number of nitrogens with two attached hydrogens (primary N) is 4. The van der Waals surface area contributed by atoms with Crippen LogP contribution in [0.5, 0.6) is 28.7 Å². The minimum absolute atomic E-state index is 0. The van der Waals surface area contributed by atoms with Crippen molar-refractivity contribution < 1.29 is 91.4 Å². The fourth-order valence-corrected chi connectivity index (χ4v) is 19.1. The van der Waals surface area contributed by atoms with Crippen molar-refractivity contribution >= 4 is 230 Å². The van der Waals surface area contributed by atoms with Gasteiger partial charge in [-0.2, -0.15) is 0 Å². The number of pyridine rings is 2. The van der Waals surface area contributed by atoms with E-state index >= 15 is 0 Å². The highest BCUT2D eigenvalue weighted by atomic mass is 79.9. The molecular formula is C99H107BBr2Cl6N6O19S4. The number of benzene rings is 5. The van der Waals surface area contributed by atoms with E-state index in [1.807, 2.05) is 103 Å². The molecule has 38 heteroatoms. The first-order valence-electron chi connectivity index (χ1n) is 42.4. The Balaban J connectivity index is 0.000000218. The molecule has 6 aromatic heterocycles. The van der Waals surface area contributed by atoms with Gasteiger partial charge in [-0.1, -0.05) is 135 Å². The second-order valence-corrected chi connectivity index (χ2v) is 40.9. The number of allylic oxidation sites excluding steroid dienone is 1. The summed E-state index contributed by atoms with van der Waals surface area (Å²) in [6.45, 7) is 21.4. The molecule has 0 radical (unpaired) electrons. The molecule has 16 rings (SSSR count). The predicted molar refractivity (Wildman–Crippen MR) is 561 cm³/mol. The van der Waals surface area contributed by atoms with Gasteiger partial charge in [0.05, 0.1) is 44.6 Å². The molecule has 0 saturated heterocycles. The van der Waals surface area contributed by atoms with Gasteiger partial charge in [0.2, 0.25) is 0 Å². The first kappa shape index (κ1) is 114. The number of carbonyl (C=O) groups excluding carboxylic acids is 7. The molecule has 730 valence electrons. The van der Waals surface area contributed by atoms with Crippen LogP contribution in [0.4, 0.5) is 21.2 Å². The molecule has 5 unspecified atom stereocenters. The van der Waals surface area contributed by atoms with Crippen molar-refractivity contribution in [1.29, 1.82) is 0 Å². The van der Waals surface area contributed by atoms with Gasteiger partial charge < -0.3 is 76.0 Å². The van der Waals surface area contributed by atoms with Crippen molar-refractivity contribution in [2.75, 3.05) is 24.6 Å². The monoisotopic (exact) mass is 2190 g/mol. The minimum Gasteiger partial charge on any atom is -0.488 e. The van der Waals surface area contributed by atoms with Crippen LogP contribution < -0.4 is 51.4 Å². The summed E-state index contributed by atoms with van der Waals surface area (Å²) in [5, 5.41) is 28.9.